The van der Waals surface area contributed by atoms with E-state index in [0.29, 0.717) is 0 Å². The van der Waals surface area contributed by atoms with Crippen molar-refractivity contribution in [3.63, 3.8) is 0 Å². The predicted molar refractivity (Wildman–Crippen MR) is 26.5 cm³/mol. The van der Waals surface area contributed by atoms with Crippen LogP contribution in [0.5, 0.6) is 0 Å². The van der Waals surface area contributed by atoms with Crippen molar-refractivity contribution < 1.29 is 107 Å². The maximum atomic E-state index is 8.74. The molecule has 0 radical (unpaired) electrons. The van der Waals surface area contributed by atoms with Crippen LogP contribution in [0.2, 0.25) is 0 Å². The molecular formula is H3ClNa2O8S2. The van der Waals surface area contributed by atoms with Gasteiger partial charge in [-0.25, -0.2) is 8.42 Å². The van der Waals surface area contributed by atoms with Crippen LogP contribution in [0.4, 0.5) is 0 Å². The van der Waals surface area contributed by atoms with Crippen molar-refractivity contribution in [1.29, 1.82) is 0 Å². The molecule has 0 aromatic carbocycles. The molecule has 0 rings (SSSR count). The van der Waals surface area contributed by atoms with Crippen molar-refractivity contribution in [2.24, 2.45) is 0 Å². The van der Waals surface area contributed by atoms with E-state index in [1.807, 2.05) is 0 Å². The summed E-state index contributed by atoms with van der Waals surface area (Å²) in [4.78, 5) is 0. The maximum Gasteiger partial charge on any atom is 1.00 e. The Kier molecular flexibility index (Phi) is 27.4. The Morgan fingerprint density at radius 2 is 0.846 bits per heavy atom. The van der Waals surface area contributed by atoms with Crippen LogP contribution in [0.25, 0.3) is 0 Å². The molecule has 0 atom stereocenters. The van der Waals surface area contributed by atoms with Gasteiger partial charge in [0.05, 0.1) is 0 Å². The Morgan fingerprint density at radius 1 is 0.846 bits per heavy atom. The minimum Gasteiger partial charge on any atom is -1.00 e. The molecule has 72 valence electrons. The first-order valence-electron chi connectivity index (χ1n) is 1.38. The van der Waals surface area contributed by atoms with Crippen molar-refractivity contribution in [2.75, 3.05) is 0 Å². The number of halogens is 1. The van der Waals surface area contributed by atoms with E-state index in [9.17, 15) is 0 Å². The average molecular weight is 277 g/mol. The normalized spacial score (nSPS) is 8.92. The van der Waals surface area contributed by atoms with Crippen LogP contribution < -0.4 is 71.5 Å². The molecule has 0 saturated carbocycles. The second-order valence-corrected chi connectivity index (χ2v) is 2.63. The van der Waals surface area contributed by atoms with Crippen LogP contribution in [0.1, 0.15) is 0 Å². The van der Waals surface area contributed by atoms with Gasteiger partial charge in [-0.2, -0.15) is 8.42 Å². The van der Waals surface area contributed by atoms with E-state index in [2.05, 4.69) is 0 Å². The third-order valence-electron chi connectivity index (χ3n) is 0. The summed E-state index contributed by atoms with van der Waals surface area (Å²) in [5.74, 6) is 0. The molecule has 13 heavy (non-hydrogen) atoms. The van der Waals surface area contributed by atoms with Gasteiger partial charge < -0.3 is 17.0 Å². The monoisotopic (exact) mass is 276 g/mol. The second-order valence-electron chi connectivity index (χ2n) is 0.876. The standard InChI is InChI=1S/ClH.2Na.2H2O4S/c;;;2*1-5(2,3)4/h1H;;;2*(H2,1,2,3,4)/q;2*+1;;/p-2. The van der Waals surface area contributed by atoms with Crippen LogP contribution in [0.3, 0.4) is 0 Å². The van der Waals surface area contributed by atoms with Gasteiger partial charge >= 0.3 is 69.5 Å². The topological polar surface area (TPSA) is 152 Å². The average Bonchev–Trinajstić information content (AvgIpc) is 1.12. The summed E-state index contributed by atoms with van der Waals surface area (Å²) in [5, 5.41) is 0. The van der Waals surface area contributed by atoms with Crippen LogP contribution >= 0.6 is 0 Å². The Bertz CT molecular complexity index is 217. The third-order valence-corrected chi connectivity index (χ3v) is 0. The molecule has 0 amide bonds. The first kappa shape index (κ1) is 29.4. The molecule has 0 heterocycles. The van der Waals surface area contributed by atoms with Crippen molar-refractivity contribution in [3.8, 4) is 0 Å². The SMILES string of the molecule is O=S(=O)(O)O.O=S(=O)([O-])O.[Cl-].[Na+].[Na+]. The fraction of sp³-hybridized carbons (Fsp3) is 0. The molecule has 13 heteroatoms. The van der Waals surface area contributed by atoms with Gasteiger partial charge in [-0.1, -0.05) is 0 Å². The van der Waals surface area contributed by atoms with E-state index < -0.39 is 20.8 Å². The van der Waals surface area contributed by atoms with Gasteiger partial charge in [-0.15, -0.1) is 0 Å². The second kappa shape index (κ2) is 12.1. The Hall–Kier alpha value is 2.03. The molecule has 0 aromatic heterocycles. The summed E-state index contributed by atoms with van der Waals surface area (Å²) < 4.78 is 64.4. The van der Waals surface area contributed by atoms with E-state index in [0.717, 1.165) is 0 Å². The van der Waals surface area contributed by atoms with Gasteiger partial charge in [0.15, 0.2) is 0 Å². The maximum absolute atomic E-state index is 8.74. The van der Waals surface area contributed by atoms with Crippen molar-refractivity contribution >= 4 is 20.8 Å². The van der Waals surface area contributed by atoms with Crippen LogP contribution in [0, 0.1) is 0 Å². The molecule has 3 N–H and O–H groups in total. The van der Waals surface area contributed by atoms with Crippen LogP contribution in [-0.2, 0) is 20.8 Å². The van der Waals surface area contributed by atoms with Crippen LogP contribution in [-0.4, -0.2) is 35.0 Å². The minimum absolute atomic E-state index is 0. The molecule has 0 aliphatic heterocycles. The molecule has 0 aliphatic carbocycles. The van der Waals surface area contributed by atoms with E-state index >= 15 is 0 Å². The molecule has 0 aliphatic rings. The molecule has 0 spiro atoms. The molecule has 8 nitrogen and oxygen atoms in total. The summed E-state index contributed by atoms with van der Waals surface area (Å²) in [6, 6.07) is 0. The number of hydrogen-bond acceptors (Lipinski definition) is 5. The summed E-state index contributed by atoms with van der Waals surface area (Å²) in [7, 11) is -9.58. The fourth-order valence-electron chi connectivity index (χ4n) is 0. The van der Waals surface area contributed by atoms with Gasteiger partial charge in [0.1, 0.15) is 0 Å². The largest absolute Gasteiger partial charge is 1.00 e. The van der Waals surface area contributed by atoms with Gasteiger partial charge in [-0.05, 0) is 0 Å². The molecule has 0 bridgehead atoms. The zero-order valence-electron chi connectivity index (χ0n) is 6.58. The molecular weight excluding hydrogens is 274 g/mol. The molecule has 0 saturated heterocycles. The minimum atomic E-state index is -4.92. The van der Waals surface area contributed by atoms with Crippen molar-refractivity contribution in [1.82, 2.24) is 0 Å². The Morgan fingerprint density at radius 3 is 0.846 bits per heavy atom. The Balaban J connectivity index is -0.0000000267. The quantitative estimate of drug-likeness (QED) is 0.224. The summed E-state index contributed by atoms with van der Waals surface area (Å²) >= 11 is 0. The van der Waals surface area contributed by atoms with Gasteiger partial charge in [-0.3, -0.25) is 13.7 Å². The predicted octanol–water partition coefficient (Wildman–Crippen LogP) is -10.6. The van der Waals surface area contributed by atoms with E-state index in [-0.39, 0.29) is 71.5 Å². The zero-order chi connectivity index (χ0) is 9.00. The first-order valence-corrected chi connectivity index (χ1v) is 4.14. The smallest absolute Gasteiger partial charge is 1.00 e. The molecule has 0 fully saturated rings. The molecule has 0 unspecified atom stereocenters. The number of rotatable bonds is 0. The van der Waals surface area contributed by atoms with Gasteiger partial charge in [0.25, 0.3) is 0 Å². The molecule has 0 aromatic rings. The van der Waals surface area contributed by atoms with E-state index in [4.69, 9.17) is 35.0 Å². The van der Waals surface area contributed by atoms with E-state index in [1.54, 1.807) is 0 Å². The van der Waals surface area contributed by atoms with Crippen molar-refractivity contribution in [2.45, 2.75) is 0 Å². The summed E-state index contributed by atoms with van der Waals surface area (Å²) in [6.45, 7) is 0. The Labute approximate surface area is 126 Å². The third kappa shape index (κ3) is 493. The van der Waals surface area contributed by atoms with Gasteiger partial charge in [0, 0.05) is 0 Å². The van der Waals surface area contributed by atoms with Gasteiger partial charge in [0.2, 0.25) is 10.4 Å². The van der Waals surface area contributed by atoms with E-state index in [1.165, 1.54) is 0 Å². The number of hydrogen-bond donors (Lipinski definition) is 3. The summed E-state index contributed by atoms with van der Waals surface area (Å²) in [6.07, 6.45) is 0. The van der Waals surface area contributed by atoms with Crippen LogP contribution in [0.15, 0.2) is 0 Å². The summed E-state index contributed by atoms with van der Waals surface area (Å²) in [5.41, 5.74) is 0. The fourth-order valence-corrected chi connectivity index (χ4v) is 0. The zero-order valence-corrected chi connectivity index (χ0v) is 13.0. The first-order chi connectivity index (χ1) is 4.00. The van der Waals surface area contributed by atoms with Crippen molar-refractivity contribution in [3.05, 3.63) is 0 Å².